The lowest BCUT2D eigenvalue weighted by atomic mass is 10.2. The summed E-state index contributed by atoms with van der Waals surface area (Å²) in [6, 6.07) is 0.536. The maximum Gasteiger partial charge on any atom is 0.191 e. The molecular weight excluding hydrogens is 349 g/mol. The van der Waals surface area contributed by atoms with Crippen molar-refractivity contribution in [3.05, 3.63) is 23.8 Å². The highest BCUT2D eigenvalue weighted by molar-refractivity contribution is 14.0. The monoisotopic (exact) mass is 375 g/mol. The molecule has 0 aliphatic heterocycles. The lowest BCUT2D eigenvalue weighted by Gasteiger charge is -2.16. The molecule has 0 spiro atoms. The number of rotatable bonds is 5. The van der Waals surface area contributed by atoms with E-state index < -0.39 is 0 Å². The van der Waals surface area contributed by atoms with Gasteiger partial charge in [-0.2, -0.15) is 0 Å². The van der Waals surface area contributed by atoms with E-state index >= 15 is 0 Å². The summed E-state index contributed by atoms with van der Waals surface area (Å²) in [4.78, 5) is 4.67. The van der Waals surface area contributed by atoms with E-state index in [0.29, 0.717) is 6.04 Å². The number of nitrogens with zero attached hydrogens (tertiary/aromatic N) is 1. The minimum absolute atomic E-state index is 0. The van der Waals surface area contributed by atoms with Crippen LogP contribution >= 0.6 is 24.0 Å². The molecule has 0 atom stereocenters. The van der Waals surface area contributed by atoms with Gasteiger partial charge in [-0.15, -0.1) is 24.0 Å². The van der Waals surface area contributed by atoms with Crippen LogP contribution in [0.2, 0.25) is 0 Å². The maximum atomic E-state index is 4.67. The number of guanidine groups is 1. The SMILES string of the molecule is CCNC(=NCCC1=CCCC1)NC1CC=CC1.I. The first-order chi connectivity index (χ1) is 8.88. The van der Waals surface area contributed by atoms with Crippen molar-refractivity contribution in [2.45, 2.75) is 51.5 Å². The average molecular weight is 375 g/mol. The fraction of sp³-hybridized carbons (Fsp3) is 0.667. The third-order valence-electron chi connectivity index (χ3n) is 3.53. The van der Waals surface area contributed by atoms with E-state index in [4.69, 9.17) is 0 Å². The molecule has 0 amide bonds. The van der Waals surface area contributed by atoms with Crippen LogP contribution in [0.25, 0.3) is 0 Å². The summed E-state index contributed by atoms with van der Waals surface area (Å²) in [5, 5.41) is 6.83. The summed E-state index contributed by atoms with van der Waals surface area (Å²) < 4.78 is 0. The Morgan fingerprint density at radius 3 is 2.79 bits per heavy atom. The Balaban J connectivity index is 0.00000180. The van der Waals surface area contributed by atoms with E-state index in [0.717, 1.165) is 38.3 Å². The quantitative estimate of drug-likeness (QED) is 0.335. The third-order valence-corrected chi connectivity index (χ3v) is 3.53. The molecule has 0 aromatic rings. The Bertz CT molecular complexity index is 339. The summed E-state index contributed by atoms with van der Waals surface area (Å²) in [6.45, 7) is 3.94. The molecule has 0 bridgehead atoms. The Labute approximate surface area is 134 Å². The molecule has 0 saturated carbocycles. The minimum atomic E-state index is 0. The van der Waals surface area contributed by atoms with E-state index in [1.165, 1.54) is 19.3 Å². The first kappa shape index (κ1) is 16.5. The van der Waals surface area contributed by atoms with E-state index in [2.05, 4.69) is 40.8 Å². The van der Waals surface area contributed by atoms with Gasteiger partial charge in [0.2, 0.25) is 0 Å². The van der Waals surface area contributed by atoms with Gasteiger partial charge in [0.1, 0.15) is 0 Å². The second kappa shape index (κ2) is 9.39. The van der Waals surface area contributed by atoms with Gasteiger partial charge in [-0.1, -0.05) is 23.8 Å². The van der Waals surface area contributed by atoms with Crippen LogP contribution in [0.3, 0.4) is 0 Å². The van der Waals surface area contributed by atoms with Crippen molar-refractivity contribution in [1.29, 1.82) is 0 Å². The fourth-order valence-electron chi connectivity index (χ4n) is 2.52. The largest absolute Gasteiger partial charge is 0.357 e. The predicted molar refractivity (Wildman–Crippen MR) is 93.2 cm³/mol. The normalized spacial score (nSPS) is 19.2. The van der Waals surface area contributed by atoms with E-state index in [-0.39, 0.29) is 24.0 Å². The van der Waals surface area contributed by atoms with Gasteiger partial charge in [-0.3, -0.25) is 4.99 Å². The number of halogens is 1. The van der Waals surface area contributed by atoms with Crippen molar-refractivity contribution < 1.29 is 0 Å². The van der Waals surface area contributed by atoms with Gasteiger partial charge in [0.25, 0.3) is 0 Å². The highest BCUT2D eigenvalue weighted by atomic mass is 127. The predicted octanol–water partition coefficient (Wildman–Crippen LogP) is 3.38. The van der Waals surface area contributed by atoms with Gasteiger partial charge >= 0.3 is 0 Å². The van der Waals surface area contributed by atoms with Gasteiger partial charge in [-0.05, 0) is 45.4 Å². The highest BCUT2D eigenvalue weighted by Gasteiger charge is 2.11. The average Bonchev–Trinajstić information content (AvgIpc) is 3.02. The van der Waals surface area contributed by atoms with Crippen LogP contribution in [-0.4, -0.2) is 25.1 Å². The molecule has 2 rings (SSSR count). The summed E-state index contributed by atoms with van der Waals surface area (Å²) >= 11 is 0. The third kappa shape index (κ3) is 5.97. The van der Waals surface area contributed by atoms with Crippen molar-refractivity contribution >= 4 is 29.9 Å². The lowest BCUT2D eigenvalue weighted by Crippen LogP contribution is -2.42. The van der Waals surface area contributed by atoms with E-state index in [1.54, 1.807) is 5.57 Å². The van der Waals surface area contributed by atoms with Crippen LogP contribution < -0.4 is 10.6 Å². The molecule has 4 heteroatoms. The highest BCUT2D eigenvalue weighted by Crippen LogP contribution is 2.20. The molecule has 0 aromatic carbocycles. The molecule has 19 heavy (non-hydrogen) atoms. The molecule has 0 heterocycles. The standard InChI is InChI=1S/C15H25N3.HI/c1-2-16-15(18-14-9-5-6-10-14)17-12-11-13-7-3-4-8-13;/h5-7,14H,2-4,8-12H2,1H3,(H2,16,17,18);1H. The smallest absolute Gasteiger partial charge is 0.191 e. The summed E-state index contributed by atoms with van der Waals surface area (Å²) in [6.07, 6.45) is 14.1. The van der Waals surface area contributed by atoms with Crippen LogP contribution in [0.15, 0.2) is 28.8 Å². The Morgan fingerprint density at radius 1 is 1.37 bits per heavy atom. The zero-order chi connectivity index (χ0) is 12.6. The van der Waals surface area contributed by atoms with Crippen molar-refractivity contribution in [3.63, 3.8) is 0 Å². The van der Waals surface area contributed by atoms with Gasteiger partial charge in [0, 0.05) is 19.1 Å². The van der Waals surface area contributed by atoms with Crippen LogP contribution in [0.5, 0.6) is 0 Å². The molecule has 108 valence electrons. The molecule has 2 aliphatic rings. The van der Waals surface area contributed by atoms with Crippen LogP contribution in [0.1, 0.15) is 45.4 Å². The number of hydrogen-bond acceptors (Lipinski definition) is 1. The molecule has 3 nitrogen and oxygen atoms in total. The molecule has 2 N–H and O–H groups in total. The number of hydrogen-bond donors (Lipinski definition) is 2. The summed E-state index contributed by atoms with van der Waals surface area (Å²) in [7, 11) is 0. The maximum absolute atomic E-state index is 4.67. The second-order valence-electron chi connectivity index (χ2n) is 5.05. The topological polar surface area (TPSA) is 36.4 Å². The molecular formula is C15H26IN3. The molecule has 0 saturated heterocycles. The molecule has 0 unspecified atom stereocenters. The summed E-state index contributed by atoms with van der Waals surface area (Å²) in [5.41, 5.74) is 1.59. The number of aliphatic imine (C=N–C) groups is 1. The molecule has 0 aromatic heterocycles. The van der Waals surface area contributed by atoms with Crippen LogP contribution in [-0.2, 0) is 0 Å². The molecule has 0 fully saturated rings. The van der Waals surface area contributed by atoms with Gasteiger partial charge in [-0.25, -0.2) is 0 Å². The Hall–Kier alpha value is -0.520. The van der Waals surface area contributed by atoms with Gasteiger partial charge in [0.05, 0.1) is 0 Å². The van der Waals surface area contributed by atoms with Crippen molar-refractivity contribution in [2.24, 2.45) is 4.99 Å². The lowest BCUT2D eigenvalue weighted by molar-refractivity contribution is 0.633. The van der Waals surface area contributed by atoms with Crippen molar-refractivity contribution in [1.82, 2.24) is 10.6 Å². The zero-order valence-corrected chi connectivity index (χ0v) is 14.2. The van der Waals surface area contributed by atoms with E-state index in [1.807, 2.05) is 0 Å². The van der Waals surface area contributed by atoms with Gasteiger partial charge in [0.15, 0.2) is 5.96 Å². The Kier molecular flexibility index (Phi) is 8.18. The number of allylic oxidation sites excluding steroid dienone is 1. The number of nitrogens with one attached hydrogen (secondary N) is 2. The van der Waals surface area contributed by atoms with Crippen molar-refractivity contribution in [2.75, 3.05) is 13.1 Å². The fourth-order valence-corrected chi connectivity index (χ4v) is 2.52. The zero-order valence-electron chi connectivity index (χ0n) is 11.8. The first-order valence-corrected chi connectivity index (χ1v) is 7.26. The van der Waals surface area contributed by atoms with Gasteiger partial charge < -0.3 is 10.6 Å². The van der Waals surface area contributed by atoms with Crippen molar-refractivity contribution in [3.8, 4) is 0 Å². The summed E-state index contributed by atoms with van der Waals surface area (Å²) in [5.74, 6) is 0.977. The van der Waals surface area contributed by atoms with Crippen LogP contribution in [0, 0.1) is 0 Å². The second-order valence-corrected chi connectivity index (χ2v) is 5.05. The molecule has 2 aliphatic carbocycles. The minimum Gasteiger partial charge on any atom is -0.357 e. The Morgan fingerprint density at radius 2 is 2.16 bits per heavy atom. The molecule has 0 radical (unpaired) electrons. The van der Waals surface area contributed by atoms with Crippen LogP contribution in [0.4, 0.5) is 0 Å². The van der Waals surface area contributed by atoms with E-state index in [9.17, 15) is 0 Å². The first-order valence-electron chi connectivity index (χ1n) is 7.26.